The normalized spacial score (nSPS) is 12.8. The average Bonchev–Trinajstić information content (AvgIpc) is 3.05. The molecular weight excluding hydrogens is 503 g/mol. The third-order valence-corrected chi connectivity index (χ3v) is 4.84. The van der Waals surface area contributed by atoms with Crippen molar-refractivity contribution in [2.45, 2.75) is 39.4 Å². The summed E-state index contributed by atoms with van der Waals surface area (Å²) >= 11 is 1.58. The van der Waals surface area contributed by atoms with Crippen LogP contribution < -0.4 is 16.0 Å². The van der Waals surface area contributed by atoms with Gasteiger partial charge < -0.3 is 25.8 Å². The van der Waals surface area contributed by atoms with E-state index in [1.165, 1.54) is 0 Å². The van der Waals surface area contributed by atoms with Crippen molar-refractivity contribution in [2.75, 3.05) is 26.2 Å². The lowest BCUT2D eigenvalue weighted by atomic mass is 10.2. The molecule has 29 heavy (non-hydrogen) atoms. The van der Waals surface area contributed by atoms with Gasteiger partial charge in [-0.25, -0.2) is 4.79 Å². The maximum absolute atomic E-state index is 11.6. The van der Waals surface area contributed by atoms with Crippen molar-refractivity contribution in [3.8, 4) is 0 Å². The lowest BCUT2D eigenvalue weighted by Gasteiger charge is -2.20. The van der Waals surface area contributed by atoms with E-state index in [0.717, 1.165) is 15.0 Å². The van der Waals surface area contributed by atoms with Crippen LogP contribution in [0.5, 0.6) is 0 Å². The minimum absolute atomic E-state index is 0. The second-order valence-electron chi connectivity index (χ2n) is 7.28. The molecule has 0 aliphatic heterocycles. The molecule has 1 aromatic carbocycles. The Morgan fingerprint density at radius 3 is 2.55 bits per heavy atom. The van der Waals surface area contributed by atoms with E-state index >= 15 is 0 Å². The van der Waals surface area contributed by atoms with Crippen LogP contribution in [-0.4, -0.2) is 48.9 Å². The van der Waals surface area contributed by atoms with Crippen LogP contribution in [0.2, 0.25) is 0 Å². The zero-order chi connectivity index (χ0) is 20.6. The van der Waals surface area contributed by atoms with Crippen LogP contribution in [0.15, 0.2) is 35.3 Å². The van der Waals surface area contributed by atoms with Gasteiger partial charge in [-0.3, -0.25) is 4.99 Å². The molecule has 0 bridgehead atoms. The fourth-order valence-electron chi connectivity index (χ4n) is 2.44. The molecule has 7 nitrogen and oxygen atoms in total. The van der Waals surface area contributed by atoms with Crippen molar-refractivity contribution in [3.05, 3.63) is 35.2 Å². The summed E-state index contributed by atoms with van der Waals surface area (Å²) in [5, 5.41) is 20.5. The molecule has 2 aromatic rings. The predicted molar refractivity (Wildman–Crippen MR) is 130 cm³/mol. The lowest BCUT2D eigenvalue weighted by Crippen LogP contribution is -2.42. The number of nitrogens with one attached hydrogen (secondary N) is 3. The van der Waals surface area contributed by atoms with Crippen molar-refractivity contribution < 1.29 is 14.6 Å². The van der Waals surface area contributed by atoms with Gasteiger partial charge in [0.25, 0.3) is 0 Å². The molecule has 0 saturated carbocycles. The van der Waals surface area contributed by atoms with E-state index in [1.54, 1.807) is 11.3 Å². The number of ether oxygens (including phenoxy) is 1. The van der Waals surface area contributed by atoms with Crippen molar-refractivity contribution >= 4 is 57.5 Å². The standard InChI is InChI=1S/C20H30N4O3S.HI/c1-5-21-18(22-10-11-23-19(26)27-20(2,3)4)24-13-15(25)17-12-14-8-6-7-9-16(14)28-17;/h6-9,12,15,25H,5,10-11,13H2,1-4H3,(H,23,26)(H2,21,22,24);1H. The first-order valence-electron chi connectivity index (χ1n) is 9.44. The number of halogens is 1. The Balaban J connectivity index is 0.00000420. The predicted octanol–water partition coefficient (Wildman–Crippen LogP) is 3.63. The topological polar surface area (TPSA) is 95.0 Å². The van der Waals surface area contributed by atoms with Crippen LogP contribution in [0, 0.1) is 0 Å². The summed E-state index contributed by atoms with van der Waals surface area (Å²) in [4.78, 5) is 17.0. The molecular formula is C20H31IN4O3S. The highest BCUT2D eigenvalue weighted by molar-refractivity contribution is 14.0. The number of benzene rings is 1. The van der Waals surface area contributed by atoms with Gasteiger partial charge in [-0.05, 0) is 45.2 Å². The van der Waals surface area contributed by atoms with Gasteiger partial charge in [0.2, 0.25) is 0 Å². The van der Waals surface area contributed by atoms with Crippen molar-refractivity contribution in [2.24, 2.45) is 4.99 Å². The number of rotatable bonds is 7. The highest BCUT2D eigenvalue weighted by atomic mass is 127. The van der Waals surface area contributed by atoms with Crippen molar-refractivity contribution in [1.82, 2.24) is 16.0 Å². The zero-order valence-electron chi connectivity index (χ0n) is 17.3. The maximum atomic E-state index is 11.6. The number of nitrogens with zero attached hydrogens (tertiary/aromatic N) is 1. The zero-order valence-corrected chi connectivity index (χ0v) is 20.5. The third-order valence-electron chi connectivity index (χ3n) is 3.63. The van der Waals surface area contributed by atoms with Gasteiger partial charge >= 0.3 is 6.09 Å². The Kier molecular flexibility index (Phi) is 10.7. The number of carbonyl (C=O) groups is 1. The van der Waals surface area contributed by atoms with Gasteiger partial charge in [0.1, 0.15) is 11.7 Å². The molecule has 1 atom stereocenters. The number of aliphatic imine (C=N–C) groups is 1. The van der Waals surface area contributed by atoms with E-state index in [-0.39, 0.29) is 30.5 Å². The number of fused-ring (bicyclic) bond motifs is 1. The number of aliphatic hydroxyl groups excluding tert-OH is 1. The van der Waals surface area contributed by atoms with Gasteiger partial charge in [0.05, 0.1) is 6.54 Å². The Labute approximate surface area is 193 Å². The lowest BCUT2D eigenvalue weighted by molar-refractivity contribution is 0.0529. The summed E-state index contributed by atoms with van der Waals surface area (Å²) < 4.78 is 6.34. The molecule has 0 spiro atoms. The molecule has 0 aliphatic rings. The van der Waals surface area contributed by atoms with Crippen LogP contribution in [0.4, 0.5) is 4.79 Å². The number of hydrogen-bond acceptors (Lipinski definition) is 5. The van der Waals surface area contributed by atoms with Crippen LogP contribution in [-0.2, 0) is 4.74 Å². The number of hydrogen-bond donors (Lipinski definition) is 4. The summed E-state index contributed by atoms with van der Waals surface area (Å²) in [6.07, 6.45) is -1.11. The van der Waals surface area contributed by atoms with E-state index < -0.39 is 17.8 Å². The smallest absolute Gasteiger partial charge is 0.407 e. The first-order valence-corrected chi connectivity index (χ1v) is 10.3. The highest BCUT2D eigenvalue weighted by Gasteiger charge is 2.15. The van der Waals surface area contributed by atoms with Gasteiger partial charge in [-0.1, -0.05) is 18.2 Å². The molecule has 0 radical (unpaired) electrons. The monoisotopic (exact) mass is 534 g/mol. The van der Waals surface area contributed by atoms with Gasteiger partial charge in [-0.15, -0.1) is 35.3 Å². The SMILES string of the molecule is CCNC(=NCC(O)c1cc2ccccc2s1)NCCNC(=O)OC(C)(C)C.I. The Morgan fingerprint density at radius 2 is 1.90 bits per heavy atom. The van der Waals surface area contributed by atoms with E-state index in [2.05, 4.69) is 20.9 Å². The molecule has 0 aliphatic carbocycles. The molecule has 0 fully saturated rings. The first-order chi connectivity index (χ1) is 13.3. The molecule has 4 N–H and O–H groups in total. The largest absolute Gasteiger partial charge is 0.444 e. The molecule has 1 amide bonds. The third kappa shape index (κ3) is 9.18. The number of thiophene rings is 1. The number of aliphatic hydroxyl groups is 1. The van der Waals surface area contributed by atoms with E-state index in [1.807, 2.05) is 58.0 Å². The molecule has 1 unspecified atom stereocenters. The second-order valence-corrected chi connectivity index (χ2v) is 8.39. The van der Waals surface area contributed by atoms with Gasteiger partial charge in [0, 0.05) is 29.2 Å². The Bertz CT molecular complexity index is 771. The van der Waals surface area contributed by atoms with Crippen LogP contribution >= 0.6 is 35.3 Å². The number of amides is 1. The fourth-order valence-corrected chi connectivity index (χ4v) is 3.48. The number of guanidine groups is 1. The first kappa shape index (κ1) is 25.4. The summed E-state index contributed by atoms with van der Waals surface area (Å²) in [7, 11) is 0. The quantitative estimate of drug-likeness (QED) is 0.188. The second kappa shape index (κ2) is 12.2. The summed E-state index contributed by atoms with van der Waals surface area (Å²) in [5.74, 6) is 0.591. The van der Waals surface area contributed by atoms with Crippen LogP contribution in [0.3, 0.4) is 0 Å². The molecule has 1 heterocycles. The van der Waals surface area contributed by atoms with Gasteiger partial charge in [-0.2, -0.15) is 0 Å². The minimum Gasteiger partial charge on any atom is -0.444 e. The number of alkyl carbamates (subject to hydrolysis) is 1. The molecule has 1 aromatic heterocycles. The highest BCUT2D eigenvalue weighted by Crippen LogP contribution is 2.29. The molecule has 162 valence electrons. The summed E-state index contributed by atoms with van der Waals surface area (Å²) in [5.41, 5.74) is -0.517. The van der Waals surface area contributed by atoms with E-state index in [0.29, 0.717) is 25.6 Å². The maximum Gasteiger partial charge on any atom is 0.407 e. The Hall–Kier alpha value is -1.59. The van der Waals surface area contributed by atoms with E-state index in [4.69, 9.17) is 4.74 Å². The van der Waals surface area contributed by atoms with Crippen molar-refractivity contribution in [3.63, 3.8) is 0 Å². The molecule has 9 heteroatoms. The van der Waals surface area contributed by atoms with Crippen LogP contribution in [0.25, 0.3) is 10.1 Å². The summed E-state index contributed by atoms with van der Waals surface area (Å²) in [6.45, 7) is 9.28. The Morgan fingerprint density at radius 1 is 1.21 bits per heavy atom. The van der Waals surface area contributed by atoms with Crippen molar-refractivity contribution in [1.29, 1.82) is 0 Å². The number of carbonyl (C=O) groups excluding carboxylic acids is 1. The minimum atomic E-state index is -0.659. The summed E-state index contributed by atoms with van der Waals surface area (Å²) in [6, 6.07) is 10.1. The van der Waals surface area contributed by atoms with Gasteiger partial charge in [0.15, 0.2) is 5.96 Å². The molecule has 2 rings (SSSR count). The molecule has 0 saturated heterocycles. The van der Waals surface area contributed by atoms with E-state index in [9.17, 15) is 9.90 Å². The fraction of sp³-hybridized carbons (Fsp3) is 0.500. The van der Waals surface area contributed by atoms with Crippen LogP contribution in [0.1, 0.15) is 38.7 Å². The average molecular weight is 534 g/mol.